The van der Waals surface area contributed by atoms with Crippen LogP contribution >= 0.6 is 11.8 Å². The molecule has 9 heteroatoms. The predicted octanol–water partition coefficient (Wildman–Crippen LogP) is 5.92. The highest BCUT2D eigenvalue weighted by Crippen LogP contribution is 2.34. The van der Waals surface area contributed by atoms with Crippen LogP contribution in [0.25, 0.3) is 17.4 Å². The maximum atomic E-state index is 12.8. The van der Waals surface area contributed by atoms with E-state index in [9.17, 15) is 14.4 Å². The molecule has 1 amide bonds. The van der Waals surface area contributed by atoms with E-state index >= 15 is 0 Å². The Labute approximate surface area is 219 Å². The molecule has 0 N–H and O–H groups in total. The number of likely N-dealkylation sites (N-methyl/N-ethyl adjacent to an activating group) is 1. The molecule has 1 saturated heterocycles. The highest BCUT2D eigenvalue weighted by atomic mass is 32.2. The summed E-state index contributed by atoms with van der Waals surface area (Å²) in [5.41, 5.74) is 2.09. The molecule has 2 heterocycles. The van der Waals surface area contributed by atoms with E-state index in [2.05, 4.69) is 4.99 Å². The van der Waals surface area contributed by atoms with Crippen LogP contribution in [0, 0.1) is 0 Å². The van der Waals surface area contributed by atoms with Crippen LogP contribution in [0.3, 0.4) is 0 Å². The minimum Gasteiger partial charge on any atom is -0.462 e. The summed E-state index contributed by atoms with van der Waals surface area (Å²) in [7, 11) is 1.64. The second kappa shape index (κ2) is 11.7. The standard InChI is InChI=1S/C28H26N2O6S/c1-4-14-35-27(33)19-9-6-8-18(15-19)23-13-12-22(36-23)17-24-25(31)30(3)28(37-24)29-21-11-7-10-20(16-21)26(32)34-5-2/h6-13,15-17H,4-5,14H2,1-3H3. The first kappa shape index (κ1) is 26.0. The van der Waals surface area contributed by atoms with Crippen molar-refractivity contribution in [1.29, 1.82) is 0 Å². The smallest absolute Gasteiger partial charge is 0.338 e. The van der Waals surface area contributed by atoms with E-state index in [0.29, 0.717) is 45.0 Å². The summed E-state index contributed by atoms with van der Waals surface area (Å²) in [6.07, 6.45) is 2.41. The number of furan rings is 1. The average molecular weight is 519 g/mol. The van der Waals surface area contributed by atoms with Gasteiger partial charge in [0.1, 0.15) is 11.5 Å². The van der Waals surface area contributed by atoms with Gasteiger partial charge in [0.25, 0.3) is 5.91 Å². The SMILES string of the molecule is CCCOC(=O)c1cccc(-c2ccc(C=C3SC(=Nc4cccc(C(=O)OCC)c4)N(C)C3=O)o2)c1. The van der Waals surface area contributed by atoms with E-state index in [1.165, 1.54) is 16.7 Å². The number of benzene rings is 2. The fourth-order valence-corrected chi connectivity index (χ4v) is 4.44. The number of hydrogen-bond acceptors (Lipinski definition) is 8. The van der Waals surface area contributed by atoms with Gasteiger partial charge < -0.3 is 13.9 Å². The van der Waals surface area contributed by atoms with E-state index in [4.69, 9.17) is 13.9 Å². The number of esters is 2. The second-order valence-electron chi connectivity index (χ2n) is 8.06. The second-order valence-corrected chi connectivity index (χ2v) is 9.07. The zero-order valence-electron chi connectivity index (χ0n) is 20.7. The lowest BCUT2D eigenvalue weighted by Gasteiger charge is -2.07. The Morgan fingerprint density at radius 1 is 1.00 bits per heavy atom. The Morgan fingerprint density at radius 2 is 1.73 bits per heavy atom. The number of nitrogens with zero attached hydrogens (tertiary/aromatic N) is 2. The van der Waals surface area contributed by atoms with Gasteiger partial charge in [-0.25, -0.2) is 14.6 Å². The molecule has 1 aliphatic rings. The van der Waals surface area contributed by atoms with Gasteiger partial charge in [0.2, 0.25) is 0 Å². The summed E-state index contributed by atoms with van der Waals surface area (Å²) in [5, 5.41) is 0.474. The van der Waals surface area contributed by atoms with Crippen molar-refractivity contribution in [2.24, 2.45) is 4.99 Å². The van der Waals surface area contributed by atoms with Crippen LogP contribution in [-0.4, -0.2) is 48.2 Å². The van der Waals surface area contributed by atoms with Gasteiger partial charge in [0, 0.05) is 18.7 Å². The first-order chi connectivity index (χ1) is 17.9. The van der Waals surface area contributed by atoms with Gasteiger partial charge in [-0.15, -0.1) is 0 Å². The van der Waals surface area contributed by atoms with Crippen molar-refractivity contribution < 1.29 is 28.3 Å². The van der Waals surface area contributed by atoms with Crippen molar-refractivity contribution in [3.8, 4) is 11.3 Å². The maximum absolute atomic E-state index is 12.8. The highest BCUT2D eigenvalue weighted by Gasteiger charge is 2.30. The number of amidine groups is 1. The number of aliphatic imine (C=N–C) groups is 1. The molecular formula is C28H26N2O6S. The average Bonchev–Trinajstić information content (AvgIpc) is 3.48. The molecule has 0 atom stereocenters. The van der Waals surface area contributed by atoms with Crippen LogP contribution in [0.15, 0.2) is 75.0 Å². The van der Waals surface area contributed by atoms with Crippen molar-refractivity contribution in [3.63, 3.8) is 0 Å². The van der Waals surface area contributed by atoms with Gasteiger partial charge in [-0.05, 0) is 67.6 Å². The number of carbonyl (C=O) groups is 3. The van der Waals surface area contributed by atoms with Crippen LogP contribution in [-0.2, 0) is 14.3 Å². The molecule has 1 aromatic heterocycles. The molecule has 1 aliphatic heterocycles. The Bertz CT molecular complexity index is 1390. The van der Waals surface area contributed by atoms with Crippen LogP contribution in [0.5, 0.6) is 0 Å². The lowest BCUT2D eigenvalue weighted by Crippen LogP contribution is -2.23. The van der Waals surface area contributed by atoms with Crippen molar-refractivity contribution in [1.82, 2.24) is 4.90 Å². The molecule has 0 unspecified atom stereocenters. The summed E-state index contributed by atoms with van der Waals surface area (Å²) >= 11 is 1.21. The van der Waals surface area contributed by atoms with Gasteiger partial charge in [-0.2, -0.15) is 0 Å². The van der Waals surface area contributed by atoms with Gasteiger partial charge in [-0.3, -0.25) is 9.69 Å². The summed E-state index contributed by atoms with van der Waals surface area (Å²) < 4.78 is 16.2. The van der Waals surface area contributed by atoms with Crippen molar-refractivity contribution in [2.75, 3.05) is 20.3 Å². The lowest BCUT2D eigenvalue weighted by atomic mass is 10.1. The number of ether oxygens (including phenoxy) is 2. The van der Waals surface area contributed by atoms with Gasteiger partial charge >= 0.3 is 11.9 Å². The third-order valence-corrected chi connectivity index (χ3v) is 6.37. The van der Waals surface area contributed by atoms with Crippen molar-refractivity contribution in [3.05, 3.63) is 82.5 Å². The van der Waals surface area contributed by atoms with Crippen molar-refractivity contribution >= 4 is 46.5 Å². The molecule has 0 bridgehead atoms. The molecule has 0 saturated carbocycles. The predicted molar refractivity (Wildman–Crippen MR) is 143 cm³/mol. The number of hydrogen-bond donors (Lipinski definition) is 0. The van der Waals surface area contributed by atoms with E-state index in [-0.39, 0.29) is 18.5 Å². The van der Waals surface area contributed by atoms with Crippen LogP contribution < -0.4 is 0 Å². The number of amides is 1. The van der Waals surface area contributed by atoms with E-state index in [1.807, 2.05) is 13.0 Å². The summed E-state index contributed by atoms with van der Waals surface area (Å²) in [6.45, 7) is 4.33. The van der Waals surface area contributed by atoms with Gasteiger partial charge in [0.05, 0.1) is 34.9 Å². The summed E-state index contributed by atoms with van der Waals surface area (Å²) in [4.78, 5) is 43.5. The Morgan fingerprint density at radius 3 is 2.49 bits per heavy atom. The molecule has 0 radical (unpaired) electrons. The van der Waals surface area contributed by atoms with Gasteiger partial charge in [0.15, 0.2) is 5.17 Å². The molecule has 0 aliphatic carbocycles. The molecule has 8 nitrogen and oxygen atoms in total. The number of carbonyl (C=O) groups excluding carboxylic acids is 3. The van der Waals surface area contributed by atoms with Crippen molar-refractivity contribution in [2.45, 2.75) is 20.3 Å². The fraction of sp³-hybridized carbons (Fsp3) is 0.214. The Hall–Kier alpha value is -4.11. The Balaban J connectivity index is 1.52. The fourth-order valence-electron chi connectivity index (χ4n) is 3.47. The molecular weight excluding hydrogens is 492 g/mol. The van der Waals surface area contributed by atoms with E-state index in [0.717, 1.165) is 12.0 Å². The normalized spacial score (nSPS) is 15.4. The third kappa shape index (κ3) is 6.18. The third-order valence-electron chi connectivity index (χ3n) is 5.31. The molecule has 37 heavy (non-hydrogen) atoms. The Kier molecular flexibility index (Phi) is 8.25. The van der Waals surface area contributed by atoms with Gasteiger partial charge in [-0.1, -0.05) is 25.1 Å². The lowest BCUT2D eigenvalue weighted by molar-refractivity contribution is -0.121. The highest BCUT2D eigenvalue weighted by molar-refractivity contribution is 8.18. The van der Waals surface area contributed by atoms with Crippen LogP contribution in [0.4, 0.5) is 5.69 Å². The summed E-state index contributed by atoms with van der Waals surface area (Å²) in [6, 6.07) is 17.3. The van der Waals surface area contributed by atoms with Crippen LogP contribution in [0.2, 0.25) is 0 Å². The van der Waals surface area contributed by atoms with Crippen LogP contribution in [0.1, 0.15) is 46.7 Å². The molecule has 0 spiro atoms. The molecule has 1 fully saturated rings. The quantitative estimate of drug-likeness (QED) is 0.269. The zero-order chi connectivity index (χ0) is 26.4. The monoisotopic (exact) mass is 518 g/mol. The first-order valence-corrected chi connectivity index (χ1v) is 12.6. The van der Waals surface area contributed by atoms with E-state index in [1.54, 1.807) is 74.6 Å². The molecule has 190 valence electrons. The summed E-state index contributed by atoms with van der Waals surface area (Å²) in [5.74, 6) is 0.0250. The number of thioether (sulfide) groups is 1. The molecule has 3 aromatic rings. The maximum Gasteiger partial charge on any atom is 0.338 e. The topological polar surface area (TPSA) is 98.4 Å². The van der Waals surface area contributed by atoms with E-state index < -0.39 is 5.97 Å². The number of rotatable bonds is 8. The first-order valence-electron chi connectivity index (χ1n) is 11.8. The minimum atomic E-state index is -0.425. The molecule has 4 rings (SSSR count). The minimum absolute atomic E-state index is 0.219. The molecule has 2 aromatic carbocycles. The zero-order valence-corrected chi connectivity index (χ0v) is 21.5. The largest absolute Gasteiger partial charge is 0.462 e.